The lowest BCUT2D eigenvalue weighted by molar-refractivity contribution is 0.686. The molecule has 0 aliphatic heterocycles. The van der Waals surface area contributed by atoms with Crippen molar-refractivity contribution in [2.45, 2.75) is 6.54 Å². The van der Waals surface area contributed by atoms with E-state index in [4.69, 9.17) is 5.73 Å². The molecule has 28 heavy (non-hydrogen) atoms. The van der Waals surface area contributed by atoms with E-state index in [9.17, 15) is 5.26 Å². The topological polar surface area (TPSA) is 96.7 Å². The van der Waals surface area contributed by atoms with Crippen LogP contribution in [0.1, 0.15) is 11.1 Å². The summed E-state index contributed by atoms with van der Waals surface area (Å²) in [6.45, 7) is 0.583. The van der Waals surface area contributed by atoms with Crippen molar-refractivity contribution >= 4 is 11.4 Å². The molecule has 2 aromatic heterocycles. The molecule has 136 valence electrons. The molecule has 0 aliphatic rings. The molecule has 0 aliphatic carbocycles. The molecule has 7 heteroatoms. The Hall–Kier alpha value is -4.18. The number of benzene rings is 2. The van der Waals surface area contributed by atoms with Gasteiger partial charge in [-0.15, -0.1) is 10.2 Å². The SMILES string of the molecule is N#Cc1ccc(N(Cc2ccc(N)cc2)n2cnnc2)cc1-c1ccncc1. The summed E-state index contributed by atoms with van der Waals surface area (Å²) in [6.07, 6.45) is 6.72. The summed E-state index contributed by atoms with van der Waals surface area (Å²) in [5.74, 6) is 0. The van der Waals surface area contributed by atoms with E-state index >= 15 is 0 Å². The van der Waals surface area contributed by atoms with Crippen LogP contribution in [0.5, 0.6) is 0 Å². The molecular formula is C21H17N7. The molecule has 4 rings (SSSR count). The van der Waals surface area contributed by atoms with Gasteiger partial charge in [-0.25, -0.2) is 4.68 Å². The predicted octanol–water partition coefficient (Wildman–Crippen LogP) is 3.26. The third-order valence-electron chi connectivity index (χ3n) is 4.41. The van der Waals surface area contributed by atoms with Gasteiger partial charge in [0.2, 0.25) is 0 Å². The molecule has 2 aromatic carbocycles. The van der Waals surface area contributed by atoms with Crippen LogP contribution in [0, 0.1) is 11.3 Å². The number of nitrogen functional groups attached to an aromatic ring is 1. The fourth-order valence-corrected chi connectivity index (χ4v) is 2.98. The van der Waals surface area contributed by atoms with Crippen LogP contribution >= 0.6 is 0 Å². The van der Waals surface area contributed by atoms with Gasteiger partial charge in [0.05, 0.1) is 23.9 Å². The Bertz CT molecular complexity index is 1100. The summed E-state index contributed by atoms with van der Waals surface area (Å²) in [4.78, 5) is 4.06. The molecule has 0 saturated carbocycles. The summed E-state index contributed by atoms with van der Waals surface area (Å²) >= 11 is 0. The number of rotatable bonds is 5. The summed E-state index contributed by atoms with van der Waals surface area (Å²) in [7, 11) is 0. The van der Waals surface area contributed by atoms with Gasteiger partial charge in [0.1, 0.15) is 12.7 Å². The quantitative estimate of drug-likeness (QED) is 0.544. The van der Waals surface area contributed by atoms with Crippen LogP contribution in [-0.4, -0.2) is 19.9 Å². The normalized spacial score (nSPS) is 10.4. The maximum atomic E-state index is 9.54. The zero-order valence-corrected chi connectivity index (χ0v) is 15.0. The van der Waals surface area contributed by atoms with Crippen molar-refractivity contribution in [1.82, 2.24) is 19.9 Å². The minimum atomic E-state index is 0.583. The Balaban J connectivity index is 1.78. The smallest absolute Gasteiger partial charge is 0.139 e. The molecule has 0 fully saturated rings. The molecule has 0 bridgehead atoms. The lowest BCUT2D eigenvalue weighted by atomic mass is 10.0. The third kappa shape index (κ3) is 3.52. The number of hydrogen-bond acceptors (Lipinski definition) is 6. The molecule has 4 aromatic rings. The van der Waals surface area contributed by atoms with Crippen LogP contribution in [0.25, 0.3) is 11.1 Å². The second kappa shape index (κ2) is 7.60. The number of aromatic nitrogens is 4. The van der Waals surface area contributed by atoms with Gasteiger partial charge in [-0.2, -0.15) is 5.26 Å². The van der Waals surface area contributed by atoms with Crippen molar-refractivity contribution in [1.29, 1.82) is 5.26 Å². The summed E-state index contributed by atoms with van der Waals surface area (Å²) in [6, 6.07) is 19.5. The molecule has 0 unspecified atom stereocenters. The predicted molar refractivity (Wildman–Crippen MR) is 107 cm³/mol. The van der Waals surface area contributed by atoms with Crippen LogP contribution in [0.15, 0.2) is 79.6 Å². The van der Waals surface area contributed by atoms with Gasteiger partial charge >= 0.3 is 0 Å². The second-order valence-electron chi connectivity index (χ2n) is 6.22. The molecule has 0 atom stereocenters. The van der Waals surface area contributed by atoms with E-state index in [1.807, 2.05) is 64.3 Å². The van der Waals surface area contributed by atoms with Gasteiger partial charge in [0.25, 0.3) is 0 Å². The molecular weight excluding hydrogens is 350 g/mol. The molecule has 0 saturated heterocycles. The highest BCUT2D eigenvalue weighted by Gasteiger charge is 2.14. The highest BCUT2D eigenvalue weighted by atomic mass is 15.6. The molecule has 0 amide bonds. The fraction of sp³-hybridized carbons (Fsp3) is 0.0476. The lowest BCUT2D eigenvalue weighted by Gasteiger charge is -2.26. The molecule has 0 spiro atoms. The first-order chi connectivity index (χ1) is 13.7. The summed E-state index contributed by atoms with van der Waals surface area (Å²) < 4.78 is 1.81. The van der Waals surface area contributed by atoms with E-state index < -0.39 is 0 Å². The first kappa shape index (κ1) is 17.2. The molecule has 2 heterocycles. The van der Waals surface area contributed by atoms with E-state index in [-0.39, 0.29) is 0 Å². The van der Waals surface area contributed by atoms with Crippen LogP contribution in [-0.2, 0) is 6.54 Å². The maximum Gasteiger partial charge on any atom is 0.139 e. The third-order valence-corrected chi connectivity index (χ3v) is 4.41. The minimum absolute atomic E-state index is 0.583. The van der Waals surface area contributed by atoms with Crippen LogP contribution in [0.4, 0.5) is 11.4 Å². The van der Waals surface area contributed by atoms with Crippen LogP contribution in [0.3, 0.4) is 0 Å². The van der Waals surface area contributed by atoms with Gasteiger partial charge in [0.15, 0.2) is 0 Å². The zero-order valence-electron chi connectivity index (χ0n) is 15.0. The van der Waals surface area contributed by atoms with Crippen molar-refractivity contribution in [3.8, 4) is 17.2 Å². The van der Waals surface area contributed by atoms with Gasteiger partial charge < -0.3 is 5.73 Å². The second-order valence-corrected chi connectivity index (χ2v) is 6.22. The average molecular weight is 367 g/mol. The van der Waals surface area contributed by atoms with Gasteiger partial charge in [-0.05, 0) is 53.6 Å². The molecule has 2 N–H and O–H groups in total. The summed E-state index contributed by atoms with van der Waals surface area (Å²) in [5, 5.41) is 19.4. The Labute approximate surface area is 162 Å². The van der Waals surface area contributed by atoms with E-state index in [1.54, 1.807) is 25.0 Å². The minimum Gasteiger partial charge on any atom is -0.399 e. The Morgan fingerprint density at radius 3 is 2.36 bits per heavy atom. The van der Waals surface area contributed by atoms with Crippen LogP contribution < -0.4 is 10.7 Å². The van der Waals surface area contributed by atoms with Gasteiger partial charge in [-0.1, -0.05) is 12.1 Å². The number of anilines is 2. The van der Waals surface area contributed by atoms with E-state index in [1.165, 1.54) is 0 Å². The Kier molecular flexibility index (Phi) is 4.68. The zero-order chi connectivity index (χ0) is 19.3. The van der Waals surface area contributed by atoms with Gasteiger partial charge in [-0.3, -0.25) is 9.99 Å². The largest absolute Gasteiger partial charge is 0.399 e. The highest BCUT2D eigenvalue weighted by Crippen LogP contribution is 2.29. The van der Waals surface area contributed by atoms with E-state index in [0.29, 0.717) is 12.1 Å². The monoisotopic (exact) mass is 367 g/mol. The number of hydrogen-bond donors (Lipinski definition) is 1. The number of nitrogens with zero attached hydrogens (tertiary/aromatic N) is 6. The maximum absolute atomic E-state index is 9.54. The fourth-order valence-electron chi connectivity index (χ4n) is 2.98. The molecule has 0 radical (unpaired) electrons. The number of nitriles is 1. The lowest BCUT2D eigenvalue weighted by Crippen LogP contribution is -2.27. The van der Waals surface area contributed by atoms with Crippen molar-refractivity contribution in [3.63, 3.8) is 0 Å². The van der Waals surface area contributed by atoms with E-state index in [2.05, 4.69) is 21.3 Å². The van der Waals surface area contributed by atoms with Gasteiger partial charge in [0, 0.05) is 23.6 Å². The average Bonchev–Trinajstić information content (AvgIpc) is 3.28. The first-order valence-corrected chi connectivity index (χ1v) is 8.66. The highest BCUT2D eigenvalue weighted by molar-refractivity contribution is 5.74. The van der Waals surface area contributed by atoms with Crippen molar-refractivity contribution < 1.29 is 0 Å². The standard InChI is InChI=1S/C21H17N7/c22-12-18-3-6-20(11-21(18)17-7-9-24-10-8-17)28(27-14-25-26-15-27)13-16-1-4-19(23)5-2-16/h1-11,14-15H,13,23H2. The number of pyridine rings is 1. The van der Waals surface area contributed by atoms with E-state index in [0.717, 1.165) is 28.1 Å². The molecule has 7 nitrogen and oxygen atoms in total. The Morgan fingerprint density at radius 2 is 1.68 bits per heavy atom. The van der Waals surface area contributed by atoms with Crippen molar-refractivity contribution in [2.75, 3.05) is 10.7 Å². The Morgan fingerprint density at radius 1 is 0.964 bits per heavy atom. The summed E-state index contributed by atoms with van der Waals surface area (Å²) in [5.41, 5.74) is 10.9. The van der Waals surface area contributed by atoms with Crippen molar-refractivity contribution in [3.05, 3.63) is 90.8 Å². The first-order valence-electron chi connectivity index (χ1n) is 8.66. The number of nitrogens with two attached hydrogens (primary N) is 1. The van der Waals surface area contributed by atoms with Crippen molar-refractivity contribution in [2.24, 2.45) is 0 Å². The van der Waals surface area contributed by atoms with Crippen LogP contribution in [0.2, 0.25) is 0 Å².